The van der Waals surface area contributed by atoms with Crippen LogP contribution < -0.4 is 21.3 Å². The zero-order chi connectivity index (χ0) is 35.1. The highest BCUT2D eigenvalue weighted by atomic mass is 16.6. The summed E-state index contributed by atoms with van der Waals surface area (Å²) in [5.41, 5.74) is 0.558. The molecular formula is C34H50N6O7. The predicted octanol–water partition coefficient (Wildman–Crippen LogP) is 2.87. The number of hydrogen-bond donors (Lipinski definition) is 4. The van der Waals surface area contributed by atoms with E-state index >= 15 is 0 Å². The number of alkyl carbamates (subject to hydrolysis) is 1. The summed E-state index contributed by atoms with van der Waals surface area (Å²) in [4.78, 5) is 74.5. The van der Waals surface area contributed by atoms with Gasteiger partial charge in [-0.15, -0.1) is 0 Å². The number of carbonyl (C=O) groups is 5. The first-order valence-electron chi connectivity index (χ1n) is 15.8. The van der Waals surface area contributed by atoms with Gasteiger partial charge in [-0.05, 0) is 68.7 Å². The van der Waals surface area contributed by atoms with Gasteiger partial charge in [0.15, 0.2) is 0 Å². The van der Waals surface area contributed by atoms with Gasteiger partial charge in [0.2, 0.25) is 17.7 Å². The maximum atomic E-state index is 13.8. The van der Waals surface area contributed by atoms with Crippen molar-refractivity contribution in [1.29, 1.82) is 0 Å². The first-order valence-corrected chi connectivity index (χ1v) is 15.8. The van der Waals surface area contributed by atoms with Crippen LogP contribution in [-0.2, 0) is 41.5 Å². The normalized spacial score (nSPS) is 13.9. The van der Waals surface area contributed by atoms with Crippen molar-refractivity contribution < 1.29 is 33.4 Å². The van der Waals surface area contributed by atoms with Crippen molar-refractivity contribution in [3.8, 4) is 0 Å². The van der Waals surface area contributed by atoms with Crippen LogP contribution in [0.5, 0.6) is 0 Å². The molecule has 4 amide bonds. The molecule has 0 aromatic carbocycles. The highest BCUT2D eigenvalue weighted by Crippen LogP contribution is 2.12. The molecule has 0 aliphatic heterocycles. The van der Waals surface area contributed by atoms with Crippen LogP contribution in [0.4, 0.5) is 4.79 Å². The molecular weight excluding hydrogens is 604 g/mol. The third kappa shape index (κ3) is 14.6. The van der Waals surface area contributed by atoms with Gasteiger partial charge in [0, 0.05) is 37.6 Å². The van der Waals surface area contributed by atoms with E-state index < -0.39 is 59.6 Å². The quantitative estimate of drug-likeness (QED) is 0.198. The summed E-state index contributed by atoms with van der Waals surface area (Å²) in [6.07, 6.45) is 6.30. The molecule has 4 atom stereocenters. The van der Waals surface area contributed by atoms with Crippen LogP contribution in [0.2, 0.25) is 0 Å². The Balaban J connectivity index is 2.34. The molecule has 258 valence electrons. The van der Waals surface area contributed by atoms with Crippen LogP contribution in [0.25, 0.3) is 0 Å². The maximum Gasteiger partial charge on any atom is 0.408 e. The van der Waals surface area contributed by atoms with E-state index in [2.05, 4.69) is 31.2 Å². The smallest absolute Gasteiger partial charge is 0.408 e. The molecule has 0 saturated heterocycles. The molecule has 0 unspecified atom stereocenters. The number of nitrogens with one attached hydrogen (secondary N) is 4. The number of esters is 1. The van der Waals surface area contributed by atoms with Gasteiger partial charge in [-0.1, -0.05) is 39.8 Å². The first kappa shape index (κ1) is 38.6. The molecule has 4 N–H and O–H groups in total. The van der Waals surface area contributed by atoms with Crippen LogP contribution in [0.15, 0.2) is 49.1 Å². The van der Waals surface area contributed by atoms with Gasteiger partial charge in [0.25, 0.3) is 0 Å². The molecule has 2 aromatic heterocycles. The second-order valence-electron chi connectivity index (χ2n) is 13.3. The van der Waals surface area contributed by atoms with Gasteiger partial charge >= 0.3 is 12.1 Å². The molecule has 0 bridgehead atoms. The zero-order valence-electron chi connectivity index (χ0n) is 28.7. The lowest BCUT2D eigenvalue weighted by Crippen LogP contribution is -2.59. The van der Waals surface area contributed by atoms with Gasteiger partial charge in [-0.2, -0.15) is 0 Å². The highest BCUT2D eigenvalue weighted by Gasteiger charge is 2.33. The molecule has 2 heterocycles. The lowest BCUT2D eigenvalue weighted by Gasteiger charge is -2.28. The second-order valence-corrected chi connectivity index (χ2v) is 13.3. The van der Waals surface area contributed by atoms with E-state index in [1.807, 2.05) is 27.7 Å². The molecule has 2 rings (SSSR count). The fraction of sp³-hybridized carbons (Fsp3) is 0.559. The summed E-state index contributed by atoms with van der Waals surface area (Å²) >= 11 is 0. The Morgan fingerprint density at radius 1 is 0.681 bits per heavy atom. The van der Waals surface area contributed by atoms with Gasteiger partial charge in [0.05, 0.1) is 7.11 Å². The summed E-state index contributed by atoms with van der Waals surface area (Å²) in [6.45, 7) is 12.7. The molecule has 13 heteroatoms. The minimum atomic E-state index is -1.11. The summed E-state index contributed by atoms with van der Waals surface area (Å²) in [6, 6.07) is 2.78. The minimum Gasteiger partial charge on any atom is -0.467 e. The average Bonchev–Trinajstić information content (AvgIpc) is 2.98. The van der Waals surface area contributed by atoms with Gasteiger partial charge < -0.3 is 30.7 Å². The van der Waals surface area contributed by atoms with Crippen molar-refractivity contribution in [2.24, 2.45) is 11.8 Å². The van der Waals surface area contributed by atoms with Crippen LogP contribution in [0.3, 0.4) is 0 Å². The molecule has 0 spiro atoms. The number of aromatic nitrogens is 2. The largest absolute Gasteiger partial charge is 0.467 e. The van der Waals surface area contributed by atoms with Gasteiger partial charge in [-0.25, -0.2) is 9.59 Å². The molecule has 0 aliphatic rings. The SMILES string of the molecule is COC(=O)[C@H](CC(C)C)NC(=O)[C@H](Cc1cccnc1)NC(=O)[C@H](CC(C)C)NC(=O)[C@H](Cc1cccnc1)NC(=O)OC(C)(C)C. The molecule has 0 aliphatic carbocycles. The third-order valence-corrected chi connectivity index (χ3v) is 6.82. The van der Waals surface area contributed by atoms with Gasteiger partial charge in [-0.3, -0.25) is 24.4 Å². The van der Waals surface area contributed by atoms with Crippen LogP contribution in [0, 0.1) is 11.8 Å². The molecule has 0 radical (unpaired) electrons. The topological polar surface area (TPSA) is 178 Å². The van der Waals surface area contributed by atoms with Crippen molar-refractivity contribution in [2.75, 3.05) is 7.11 Å². The Kier molecular flexibility index (Phi) is 15.3. The van der Waals surface area contributed by atoms with Gasteiger partial charge in [0.1, 0.15) is 29.8 Å². The Morgan fingerprint density at radius 2 is 1.11 bits per heavy atom. The van der Waals surface area contributed by atoms with Crippen molar-refractivity contribution in [2.45, 2.75) is 104 Å². The number of ether oxygens (including phenoxy) is 2. The second kappa shape index (κ2) is 18.6. The Bertz CT molecular complexity index is 1320. The van der Waals surface area contributed by atoms with Crippen molar-refractivity contribution in [3.63, 3.8) is 0 Å². The van der Waals surface area contributed by atoms with Crippen LogP contribution in [0.1, 0.15) is 72.4 Å². The number of carbonyl (C=O) groups excluding carboxylic acids is 5. The summed E-state index contributed by atoms with van der Waals surface area (Å²) in [7, 11) is 1.25. The lowest BCUT2D eigenvalue weighted by molar-refractivity contribution is -0.146. The summed E-state index contributed by atoms with van der Waals surface area (Å²) in [5.74, 6) is -2.36. The Hall–Kier alpha value is -4.55. The predicted molar refractivity (Wildman–Crippen MR) is 176 cm³/mol. The summed E-state index contributed by atoms with van der Waals surface area (Å²) in [5, 5.41) is 10.9. The first-order chi connectivity index (χ1) is 22.1. The molecule has 47 heavy (non-hydrogen) atoms. The molecule has 0 saturated carbocycles. The van der Waals surface area contributed by atoms with E-state index in [1.165, 1.54) is 7.11 Å². The molecule has 2 aromatic rings. The Labute approximate surface area is 277 Å². The van der Waals surface area contributed by atoms with E-state index in [-0.39, 0.29) is 31.1 Å². The molecule has 0 fully saturated rings. The van der Waals surface area contributed by atoms with E-state index in [1.54, 1.807) is 69.8 Å². The van der Waals surface area contributed by atoms with E-state index in [0.717, 1.165) is 0 Å². The van der Waals surface area contributed by atoms with Crippen LogP contribution in [-0.4, -0.2) is 76.6 Å². The number of methoxy groups -OCH3 is 1. The Morgan fingerprint density at radius 3 is 1.53 bits per heavy atom. The van der Waals surface area contributed by atoms with Crippen molar-refractivity contribution >= 4 is 29.8 Å². The highest BCUT2D eigenvalue weighted by molar-refractivity contribution is 5.95. The average molecular weight is 655 g/mol. The minimum absolute atomic E-state index is 0.0259. The summed E-state index contributed by atoms with van der Waals surface area (Å²) < 4.78 is 10.3. The zero-order valence-corrected chi connectivity index (χ0v) is 28.7. The van der Waals surface area contributed by atoms with E-state index in [9.17, 15) is 24.0 Å². The lowest BCUT2D eigenvalue weighted by atomic mass is 9.99. The third-order valence-electron chi connectivity index (χ3n) is 6.82. The monoisotopic (exact) mass is 654 g/mol. The number of amides is 4. The van der Waals surface area contributed by atoms with E-state index in [4.69, 9.17) is 9.47 Å². The standard InChI is InChI=1S/C34H50N6O7/c1-21(2)15-25(37-31(43)27(18-24-12-10-14-36-20-24)40-33(45)47-34(5,6)7)29(41)38-26(17-23-11-9-13-35-19-23)30(42)39-28(16-22(3)4)32(44)46-8/h9-14,19-22,25-28H,15-18H2,1-8H3,(H,37,43)(H,38,41)(H,39,42)(H,40,45)/t25-,26-,27-,28-/m0/s1. The molecule has 13 nitrogen and oxygen atoms in total. The van der Waals surface area contributed by atoms with Crippen molar-refractivity contribution in [3.05, 3.63) is 60.2 Å². The number of nitrogens with zero attached hydrogens (tertiary/aromatic N) is 2. The maximum absolute atomic E-state index is 13.8. The number of pyridine rings is 2. The number of rotatable bonds is 16. The van der Waals surface area contributed by atoms with Crippen LogP contribution >= 0.6 is 0 Å². The number of hydrogen-bond acceptors (Lipinski definition) is 9. The fourth-order valence-corrected chi connectivity index (χ4v) is 4.73. The fourth-order valence-electron chi connectivity index (χ4n) is 4.73. The van der Waals surface area contributed by atoms with E-state index in [0.29, 0.717) is 17.5 Å². The van der Waals surface area contributed by atoms with Crippen molar-refractivity contribution in [1.82, 2.24) is 31.2 Å².